The Morgan fingerprint density at radius 3 is 2.08 bits per heavy atom. The third-order valence-electron chi connectivity index (χ3n) is 6.28. The van der Waals surface area contributed by atoms with Crippen molar-refractivity contribution in [3.05, 3.63) is 92.9 Å². The predicted molar refractivity (Wildman–Crippen MR) is 159 cm³/mol. The van der Waals surface area contributed by atoms with Crippen molar-refractivity contribution in [3.63, 3.8) is 0 Å². The number of hydrogen-bond donors (Lipinski definition) is 1. The van der Waals surface area contributed by atoms with Crippen LogP contribution in [0, 0.1) is 0 Å². The van der Waals surface area contributed by atoms with E-state index in [1.807, 2.05) is 13.8 Å². The number of sulfonamides is 1. The first-order valence-electron chi connectivity index (χ1n) is 12.3. The lowest BCUT2D eigenvalue weighted by atomic mass is 10.1. The zero-order chi connectivity index (χ0) is 28.7. The number of amides is 2. The minimum absolute atomic E-state index is 0.0315. The van der Waals surface area contributed by atoms with E-state index in [4.69, 9.17) is 23.2 Å². The highest BCUT2D eigenvalue weighted by molar-refractivity contribution is 9.10. The summed E-state index contributed by atoms with van der Waals surface area (Å²) in [4.78, 5) is 28.4. The summed E-state index contributed by atoms with van der Waals surface area (Å²) in [7, 11) is -4.14. The van der Waals surface area contributed by atoms with Crippen molar-refractivity contribution >= 4 is 66.7 Å². The summed E-state index contributed by atoms with van der Waals surface area (Å²) < 4.78 is 29.3. The minimum atomic E-state index is -4.14. The molecule has 2 unspecified atom stereocenters. The molecule has 0 spiro atoms. The van der Waals surface area contributed by atoms with Gasteiger partial charge in [0.05, 0.1) is 10.6 Å². The first-order valence-corrected chi connectivity index (χ1v) is 15.3. The molecular formula is C28H30BrCl2N3O4S. The summed E-state index contributed by atoms with van der Waals surface area (Å²) >= 11 is 16.2. The normalized spacial score (nSPS) is 12.9. The fourth-order valence-corrected chi connectivity index (χ4v) is 5.97. The van der Waals surface area contributed by atoms with Crippen molar-refractivity contribution in [2.45, 2.75) is 50.7 Å². The van der Waals surface area contributed by atoms with Crippen LogP contribution >= 0.6 is 39.1 Å². The van der Waals surface area contributed by atoms with Crippen LogP contribution < -0.4 is 9.62 Å². The molecule has 0 aliphatic heterocycles. The van der Waals surface area contributed by atoms with Gasteiger partial charge in [-0.25, -0.2) is 8.42 Å². The standard InChI is InChI=1S/C28H30BrCl2N3O4S/c1-4-19(2)32-28(36)20(3)33(17-24-25(30)11-8-12-26(24)31)27(35)18-34(22-15-13-21(29)14-16-22)39(37,38)23-9-6-5-7-10-23/h5-16,19-20H,4,17-18H2,1-3H3,(H,32,36). The van der Waals surface area contributed by atoms with Gasteiger partial charge in [-0.05, 0) is 68.8 Å². The summed E-state index contributed by atoms with van der Waals surface area (Å²) in [5.74, 6) is -0.970. The van der Waals surface area contributed by atoms with Crippen molar-refractivity contribution < 1.29 is 18.0 Å². The quantitative estimate of drug-likeness (QED) is 0.264. The zero-order valence-corrected chi connectivity index (χ0v) is 25.7. The molecule has 3 rings (SSSR count). The van der Waals surface area contributed by atoms with E-state index in [-0.39, 0.29) is 23.4 Å². The van der Waals surface area contributed by atoms with Gasteiger partial charge in [-0.15, -0.1) is 0 Å². The number of benzene rings is 3. The number of carbonyl (C=O) groups is 2. The summed E-state index contributed by atoms with van der Waals surface area (Å²) in [6, 6.07) is 18.4. The van der Waals surface area contributed by atoms with Gasteiger partial charge in [-0.1, -0.05) is 70.3 Å². The van der Waals surface area contributed by atoms with Crippen molar-refractivity contribution in [1.82, 2.24) is 10.2 Å². The highest BCUT2D eigenvalue weighted by atomic mass is 79.9. The van der Waals surface area contributed by atoms with Gasteiger partial charge < -0.3 is 10.2 Å². The molecule has 2 atom stereocenters. The van der Waals surface area contributed by atoms with Crippen LogP contribution in [-0.4, -0.2) is 43.8 Å². The summed E-state index contributed by atoms with van der Waals surface area (Å²) in [6.07, 6.45) is 0.704. The third kappa shape index (κ3) is 7.75. The molecule has 0 heterocycles. The van der Waals surface area contributed by atoms with E-state index in [0.717, 1.165) is 8.78 Å². The molecule has 11 heteroatoms. The maximum atomic E-state index is 13.9. The highest BCUT2D eigenvalue weighted by Gasteiger charge is 2.33. The van der Waals surface area contributed by atoms with Gasteiger partial charge in [0, 0.05) is 32.7 Å². The lowest BCUT2D eigenvalue weighted by molar-refractivity contribution is -0.139. The lowest BCUT2D eigenvalue weighted by Crippen LogP contribution is -2.52. The summed E-state index contributed by atoms with van der Waals surface area (Å²) in [6.45, 7) is 4.75. The largest absolute Gasteiger partial charge is 0.352 e. The van der Waals surface area contributed by atoms with Crippen LogP contribution in [0.15, 0.2) is 82.2 Å². The third-order valence-corrected chi connectivity index (χ3v) is 9.31. The Kier molecular flexibility index (Phi) is 10.8. The van der Waals surface area contributed by atoms with Gasteiger partial charge in [0.15, 0.2) is 0 Å². The second-order valence-electron chi connectivity index (χ2n) is 9.02. The zero-order valence-electron chi connectivity index (χ0n) is 21.8. The molecule has 3 aromatic carbocycles. The second-order valence-corrected chi connectivity index (χ2v) is 12.6. The molecule has 1 N–H and O–H groups in total. The number of nitrogens with zero attached hydrogens (tertiary/aromatic N) is 2. The first-order chi connectivity index (χ1) is 18.4. The Morgan fingerprint density at radius 2 is 1.51 bits per heavy atom. The molecule has 0 aromatic heterocycles. The number of rotatable bonds is 11. The smallest absolute Gasteiger partial charge is 0.264 e. The molecular weight excluding hydrogens is 625 g/mol. The maximum absolute atomic E-state index is 13.9. The van der Waals surface area contributed by atoms with Gasteiger partial charge in [-0.3, -0.25) is 13.9 Å². The Balaban J connectivity index is 2.05. The number of carbonyl (C=O) groups excluding carboxylic acids is 2. The van der Waals surface area contributed by atoms with E-state index < -0.39 is 28.5 Å². The van der Waals surface area contributed by atoms with Crippen molar-refractivity contribution in [2.75, 3.05) is 10.8 Å². The molecule has 0 bridgehead atoms. The molecule has 39 heavy (non-hydrogen) atoms. The van der Waals surface area contributed by atoms with E-state index in [2.05, 4.69) is 21.2 Å². The average Bonchev–Trinajstić information content (AvgIpc) is 2.92. The van der Waals surface area contributed by atoms with E-state index in [9.17, 15) is 18.0 Å². The highest BCUT2D eigenvalue weighted by Crippen LogP contribution is 2.29. The van der Waals surface area contributed by atoms with Crippen LogP contribution in [0.4, 0.5) is 5.69 Å². The number of nitrogens with one attached hydrogen (secondary N) is 1. The lowest BCUT2D eigenvalue weighted by Gasteiger charge is -2.32. The van der Waals surface area contributed by atoms with E-state index >= 15 is 0 Å². The van der Waals surface area contributed by atoms with Crippen LogP contribution in [0.1, 0.15) is 32.8 Å². The molecule has 0 aliphatic rings. The molecule has 7 nitrogen and oxygen atoms in total. The van der Waals surface area contributed by atoms with Crippen molar-refractivity contribution in [1.29, 1.82) is 0 Å². The Morgan fingerprint density at radius 1 is 0.923 bits per heavy atom. The number of anilines is 1. The Hall–Kier alpha value is -2.59. The summed E-state index contributed by atoms with van der Waals surface area (Å²) in [5, 5.41) is 3.55. The van der Waals surface area contributed by atoms with Gasteiger partial charge in [0.1, 0.15) is 12.6 Å². The van der Waals surface area contributed by atoms with Crippen molar-refractivity contribution in [3.8, 4) is 0 Å². The van der Waals surface area contributed by atoms with E-state index in [1.54, 1.807) is 67.6 Å². The number of hydrogen-bond acceptors (Lipinski definition) is 4. The molecule has 208 valence electrons. The molecule has 2 amide bonds. The molecule has 3 aromatic rings. The maximum Gasteiger partial charge on any atom is 0.264 e. The van der Waals surface area contributed by atoms with Crippen LogP contribution in [0.25, 0.3) is 0 Å². The Bertz CT molecular complexity index is 1390. The topological polar surface area (TPSA) is 86.8 Å². The fraction of sp³-hybridized carbons (Fsp3) is 0.286. The van der Waals surface area contributed by atoms with Gasteiger partial charge >= 0.3 is 0 Å². The van der Waals surface area contributed by atoms with Crippen LogP contribution in [-0.2, 0) is 26.2 Å². The van der Waals surface area contributed by atoms with Gasteiger partial charge in [-0.2, -0.15) is 0 Å². The minimum Gasteiger partial charge on any atom is -0.352 e. The molecule has 0 fully saturated rings. The summed E-state index contributed by atoms with van der Waals surface area (Å²) in [5.41, 5.74) is 0.751. The van der Waals surface area contributed by atoms with Crippen LogP contribution in [0.2, 0.25) is 10.0 Å². The first kappa shape index (κ1) is 30.9. The predicted octanol–water partition coefficient (Wildman–Crippen LogP) is 6.28. The van der Waals surface area contributed by atoms with Crippen molar-refractivity contribution in [2.24, 2.45) is 0 Å². The van der Waals surface area contributed by atoms with Gasteiger partial charge in [0.2, 0.25) is 11.8 Å². The van der Waals surface area contributed by atoms with Crippen LogP contribution in [0.3, 0.4) is 0 Å². The molecule has 0 radical (unpaired) electrons. The van der Waals surface area contributed by atoms with Crippen LogP contribution in [0.5, 0.6) is 0 Å². The molecule has 0 saturated heterocycles. The number of halogens is 3. The molecule has 0 saturated carbocycles. The second kappa shape index (κ2) is 13.7. The monoisotopic (exact) mass is 653 g/mol. The average molecular weight is 655 g/mol. The SMILES string of the molecule is CCC(C)NC(=O)C(C)N(Cc1c(Cl)cccc1Cl)C(=O)CN(c1ccc(Br)cc1)S(=O)(=O)c1ccccc1. The molecule has 0 aliphatic carbocycles. The van der Waals surface area contributed by atoms with E-state index in [0.29, 0.717) is 27.7 Å². The Labute approximate surface area is 248 Å². The fourth-order valence-electron chi connectivity index (χ4n) is 3.76. The van der Waals surface area contributed by atoms with E-state index in [1.165, 1.54) is 17.0 Å². The van der Waals surface area contributed by atoms with Gasteiger partial charge in [0.25, 0.3) is 10.0 Å².